The molecule has 1 aromatic carbocycles. The summed E-state index contributed by atoms with van der Waals surface area (Å²) in [7, 11) is 0. The van der Waals surface area contributed by atoms with Gasteiger partial charge in [0.15, 0.2) is 0 Å². The molecule has 5 nitrogen and oxygen atoms in total. The van der Waals surface area contributed by atoms with E-state index < -0.39 is 11.2 Å². The summed E-state index contributed by atoms with van der Waals surface area (Å²) in [4.78, 5) is 24.9. The summed E-state index contributed by atoms with van der Waals surface area (Å²) in [6, 6.07) is 7.25. The number of hydrogen-bond acceptors (Lipinski definition) is 3. The van der Waals surface area contributed by atoms with Gasteiger partial charge in [-0.1, -0.05) is 17.7 Å². The predicted octanol–water partition coefficient (Wildman–Crippen LogP) is 1.42. The van der Waals surface area contributed by atoms with Crippen LogP contribution in [0.25, 0.3) is 0 Å². The van der Waals surface area contributed by atoms with Gasteiger partial charge in [-0.25, -0.2) is 4.79 Å². The van der Waals surface area contributed by atoms with Crippen molar-refractivity contribution >= 4 is 11.6 Å². The SMILES string of the molecule is Cc1cc(C#N)ccc1Cn1cc(Cl)c(=O)[nH]c1=O. The van der Waals surface area contributed by atoms with Crippen molar-refractivity contribution < 1.29 is 0 Å². The molecular formula is C13H10ClN3O2. The lowest BCUT2D eigenvalue weighted by Crippen LogP contribution is -2.30. The van der Waals surface area contributed by atoms with E-state index in [0.717, 1.165) is 11.1 Å². The molecule has 1 N–H and O–H groups in total. The van der Waals surface area contributed by atoms with E-state index in [1.165, 1.54) is 10.8 Å². The lowest BCUT2D eigenvalue weighted by Gasteiger charge is -2.08. The van der Waals surface area contributed by atoms with Gasteiger partial charge >= 0.3 is 5.69 Å². The van der Waals surface area contributed by atoms with Crippen molar-refractivity contribution in [3.05, 3.63) is 66.9 Å². The Hall–Kier alpha value is -2.32. The number of nitriles is 1. The molecule has 0 fully saturated rings. The number of rotatable bonds is 2. The van der Waals surface area contributed by atoms with Gasteiger partial charge < -0.3 is 0 Å². The highest BCUT2D eigenvalue weighted by Crippen LogP contribution is 2.11. The first-order valence-electron chi connectivity index (χ1n) is 5.50. The molecule has 0 saturated carbocycles. The molecular weight excluding hydrogens is 266 g/mol. The lowest BCUT2D eigenvalue weighted by atomic mass is 10.1. The Kier molecular flexibility index (Phi) is 3.54. The van der Waals surface area contributed by atoms with Crippen molar-refractivity contribution in [1.29, 1.82) is 5.26 Å². The summed E-state index contributed by atoms with van der Waals surface area (Å²) in [5.41, 5.74) is 1.23. The second-order valence-electron chi connectivity index (χ2n) is 4.12. The first kappa shape index (κ1) is 13.1. The lowest BCUT2D eigenvalue weighted by molar-refractivity contribution is 0.717. The fourth-order valence-corrected chi connectivity index (χ4v) is 1.89. The van der Waals surface area contributed by atoms with E-state index in [9.17, 15) is 9.59 Å². The third kappa shape index (κ3) is 2.75. The van der Waals surface area contributed by atoms with Crippen LogP contribution in [0.3, 0.4) is 0 Å². The Bertz CT molecular complexity index is 784. The molecule has 2 rings (SSSR count). The zero-order valence-electron chi connectivity index (χ0n) is 10.1. The van der Waals surface area contributed by atoms with Crippen molar-refractivity contribution in [3.63, 3.8) is 0 Å². The largest absolute Gasteiger partial charge is 0.328 e. The second-order valence-corrected chi connectivity index (χ2v) is 4.52. The number of nitrogens with one attached hydrogen (secondary N) is 1. The van der Waals surface area contributed by atoms with Gasteiger partial charge in [-0.15, -0.1) is 0 Å². The summed E-state index contributed by atoms with van der Waals surface area (Å²) in [6.45, 7) is 2.14. The van der Waals surface area contributed by atoms with Gasteiger partial charge in [0.25, 0.3) is 5.56 Å². The van der Waals surface area contributed by atoms with E-state index >= 15 is 0 Å². The van der Waals surface area contributed by atoms with Crippen LogP contribution in [0, 0.1) is 18.3 Å². The normalized spacial score (nSPS) is 10.2. The van der Waals surface area contributed by atoms with E-state index in [0.29, 0.717) is 5.56 Å². The summed E-state index contributed by atoms with van der Waals surface area (Å²) >= 11 is 5.69. The number of benzene rings is 1. The Morgan fingerprint density at radius 1 is 1.42 bits per heavy atom. The molecule has 0 amide bonds. The van der Waals surface area contributed by atoms with E-state index in [1.807, 2.05) is 13.0 Å². The highest BCUT2D eigenvalue weighted by atomic mass is 35.5. The minimum absolute atomic E-state index is 0.0362. The first-order chi connectivity index (χ1) is 9.01. The van der Waals surface area contributed by atoms with E-state index in [-0.39, 0.29) is 11.6 Å². The summed E-state index contributed by atoms with van der Waals surface area (Å²) in [6.07, 6.45) is 1.31. The molecule has 19 heavy (non-hydrogen) atoms. The van der Waals surface area contributed by atoms with E-state index in [2.05, 4.69) is 4.98 Å². The Morgan fingerprint density at radius 2 is 2.16 bits per heavy atom. The summed E-state index contributed by atoms with van der Waals surface area (Å²) < 4.78 is 1.32. The van der Waals surface area contributed by atoms with Crippen LogP contribution in [-0.2, 0) is 6.54 Å². The van der Waals surface area contributed by atoms with Crippen LogP contribution in [-0.4, -0.2) is 9.55 Å². The number of nitrogens with zero attached hydrogens (tertiary/aromatic N) is 2. The van der Waals surface area contributed by atoms with Crippen molar-refractivity contribution in [2.24, 2.45) is 0 Å². The number of aromatic nitrogens is 2. The third-order valence-electron chi connectivity index (χ3n) is 2.78. The summed E-state index contributed by atoms with van der Waals surface area (Å²) in [5.74, 6) is 0. The maximum absolute atomic E-state index is 11.6. The van der Waals surface area contributed by atoms with Gasteiger partial charge in [0, 0.05) is 6.20 Å². The minimum Gasteiger partial charge on any atom is -0.295 e. The molecule has 0 spiro atoms. The highest BCUT2D eigenvalue weighted by Gasteiger charge is 2.05. The molecule has 96 valence electrons. The molecule has 2 aromatic rings. The topological polar surface area (TPSA) is 78.7 Å². The molecule has 0 aliphatic heterocycles. The Balaban J connectivity index is 2.42. The van der Waals surface area contributed by atoms with Gasteiger partial charge in [0.2, 0.25) is 0 Å². The molecule has 1 aromatic heterocycles. The zero-order valence-corrected chi connectivity index (χ0v) is 10.9. The van der Waals surface area contributed by atoms with Crippen LogP contribution >= 0.6 is 11.6 Å². The van der Waals surface area contributed by atoms with Crippen molar-refractivity contribution in [3.8, 4) is 6.07 Å². The Morgan fingerprint density at radius 3 is 2.79 bits per heavy atom. The highest BCUT2D eigenvalue weighted by molar-refractivity contribution is 6.30. The molecule has 6 heteroatoms. The molecule has 0 saturated heterocycles. The number of halogens is 1. The molecule has 0 radical (unpaired) electrons. The van der Waals surface area contributed by atoms with Crippen LogP contribution in [0.5, 0.6) is 0 Å². The number of hydrogen-bond donors (Lipinski definition) is 1. The van der Waals surface area contributed by atoms with Crippen molar-refractivity contribution in [2.45, 2.75) is 13.5 Å². The molecule has 0 unspecified atom stereocenters. The maximum atomic E-state index is 11.6. The molecule has 0 aliphatic rings. The van der Waals surface area contributed by atoms with Crippen LogP contribution in [0.2, 0.25) is 5.02 Å². The van der Waals surface area contributed by atoms with Crippen molar-refractivity contribution in [2.75, 3.05) is 0 Å². The third-order valence-corrected chi connectivity index (χ3v) is 3.05. The van der Waals surface area contributed by atoms with Crippen LogP contribution in [0.4, 0.5) is 0 Å². The number of H-pyrrole nitrogens is 1. The fraction of sp³-hybridized carbons (Fsp3) is 0.154. The maximum Gasteiger partial charge on any atom is 0.328 e. The zero-order chi connectivity index (χ0) is 14.0. The van der Waals surface area contributed by atoms with Gasteiger partial charge in [-0.3, -0.25) is 14.3 Å². The average molecular weight is 276 g/mol. The number of aromatic amines is 1. The van der Waals surface area contributed by atoms with Gasteiger partial charge in [0.1, 0.15) is 5.02 Å². The Labute approximate surface area is 113 Å². The van der Waals surface area contributed by atoms with Gasteiger partial charge in [0.05, 0.1) is 18.2 Å². The van der Waals surface area contributed by atoms with Crippen LogP contribution in [0.1, 0.15) is 16.7 Å². The van der Waals surface area contributed by atoms with E-state index in [4.69, 9.17) is 16.9 Å². The molecule has 0 bridgehead atoms. The molecule has 0 atom stereocenters. The van der Waals surface area contributed by atoms with Crippen molar-refractivity contribution in [1.82, 2.24) is 9.55 Å². The first-order valence-corrected chi connectivity index (χ1v) is 5.88. The second kappa shape index (κ2) is 5.12. The number of aryl methyl sites for hydroxylation is 1. The van der Waals surface area contributed by atoms with Crippen LogP contribution in [0.15, 0.2) is 34.0 Å². The summed E-state index contributed by atoms with van der Waals surface area (Å²) in [5, 5.41) is 8.76. The van der Waals surface area contributed by atoms with E-state index in [1.54, 1.807) is 18.2 Å². The average Bonchev–Trinajstić information content (AvgIpc) is 2.38. The van der Waals surface area contributed by atoms with Crippen LogP contribution < -0.4 is 11.2 Å². The minimum atomic E-state index is -0.598. The fourth-order valence-electron chi connectivity index (χ4n) is 1.73. The molecule has 0 aliphatic carbocycles. The smallest absolute Gasteiger partial charge is 0.295 e. The quantitative estimate of drug-likeness (QED) is 0.900. The molecule has 1 heterocycles. The van der Waals surface area contributed by atoms with Gasteiger partial charge in [-0.2, -0.15) is 5.26 Å². The monoisotopic (exact) mass is 275 g/mol. The van der Waals surface area contributed by atoms with Gasteiger partial charge in [-0.05, 0) is 30.2 Å². The standard InChI is InChI=1S/C13H10ClN3O2/c1-8-4-9(5-15)2-3-10(8)6-17-7-11(14)12(18)16-13(17)19/h2-4,7H,6H2,1H3,(H,16,18,19). The predicted molar refractivity (Wildman–Crippen MR) is 71.3 cm³/mol.